The fourth-order valence-corrected chi connectivity index (χ4v) is 2.93. The molecule has 0 fully saturated rings. The minimum absolute atomic E-state index is 0. The molecule has 3 aromatic rings. The van der Waals surface area contributed by atoms with Crippen LogP contribution >= 0.6 is 12.4 Å². The third-order valence-corrected chi connectivity index (χ3v) is 4.63. The molecule has 0 amide bonds. The van der Waals surface area contributed by atoms with Crippen LogP contribution in [0.15, 0.2) is 59.2 Å². The van der Waals surface area contributed by atoms with Gasteiger partial charge in [0, 0.05) is 11.5 Å². The molecule has 5 nitrogen and oxygen atoms in total. The first kappa shape index (κ1) is 21.3. The highest BCUT2D eigenvalue weighted by molar-refractivity contribution is 5.85. The highest BCUT2D eigenvalue weighted by atomic mass is 35.5. The van der Waals surface area contributed by atoms with Crippen LogP contribution in [-0.4, -0.2) is 29.0 Å². The van der Waals surface area contributed by atoms with Crippen molar-refractivity contribution >= 4 is 23.4 Å². The Labute approximate surface area is 165 Å². The van der Waals surface area contributed by atoms with Gasteiger partial charge in [0.25, 0.3) is 0 Å². The van der Waals surface area contributed by atoms with Gasteiger partial charge in [0.15, 0.2) is 0 Å². The Bertz CT molecular complexity index is 831. The Balaban J connectivity index is 0.00000261. The number of aliphatic hydroxyl groups is 2. The van der Waals surface area contributed by atoms with Gasteiger partial charge in [-0.05, 0) is 42.5 Å². The normalized spacial score (nSPS) is 11.4. The molecule has 0 aliphatic rings. The van der Waals surface area contributed by atoms with Crippen LogP contribution in [0.2, 0.25) is 0 Å². The van der Waals surface area contributed by atoms with E-state index in [0.717, 1.165) is 40.7 Å². The van der Waals surface area contributed by atoms with E-state index >= 15 is 0 Å². The van der Waals surface area contributed by atoms with Crippen molar-refractivity contribution in [2.45, 2.75) is 31.4 Å². The maximum atomic E-state index is 9.26. The number of furan rings is 1. The molecule has 0 atom stereocenters. The maximum absolute atomic E-state index is 9.26. The molecular weight excluding hydrogens is 366 g/mol. The van der Waals surface area contributed by atoms with Gasteiger partial charge in [-0.1, -0.05) is 30.3 Å². The molecule has 2 aromatic carbocycles. The van der Waals surface area contributed by atoms with Crippen molar-refractivity contribution in [1.82, 2.24) is 0 Å². The molecule has 6 heteroatoms. The van der Waals surface area contributed by atoms with Crippen molar-refractivity contribution in [3.63, 3.8) is 0 Å². The monoisotopic (exact) mass is 391 g/mol. The van der Waals surface area contributed by atoms with Gasteiger partial charge >= 0.3 is 0 Å². The zero-order valence-electron chi connectivity index (χ0n) is 15.1. The quantitative estimate of drug-likeness (QED) is 0.520. The lowest BCUT2D eigenvalue weighted by Crippen LogP contribution is -2.47. The lowest BCUT2D eigenvalue weighted by atomic mass is 9.94. The first-order valence-corrected chi connectivity index (χ1v) is 8.81. The van der Waals surface area contributed by atoms with Gasteiger partial charge in [-0.2, -0.15) is 0 Å². The van der Waals surface area contributed by atoms with Crippen molar-refractivity contribution in [2.24, 2.45) is 5.73 Å². The Hall–Kier alpha value is -2.05. The number of fused-ring (bicyclic) bond motifs is 1. The van der Waals surface area contributed by atoms with Crippen molar-refractivity contribution in [3.8, 4) is 5.75 Å². The maximum Gasteiger partial charge on any atom is 0.137 e. The van der Waals surface area contributed by atoms with E-state index in [1.54, 1.807) is 6.26 Å². The van der Waals surface area contributed by atoms with Crippen LogP contribution in [-0.2, 0) is 13.0 Å². The van der Waals surface area contributed by atoms with Gasteiger partial charge in [0.2, 0.25) is 0 Å². The molecule has 0 radical (unpaired) electrons. The standard InChI is InChI=1S/C21H25NO4.ClH/c22-21(14-23,15-24)10-4-7-17-13-26-20-11-18(8-9-19(17)20)25-12-16-5-2-1-3-6-16;/h1-3,5-6,8-9,11,13,23-24H,4,7,10,12,14-15,22H2;1H. The number of aliphatic hydroxyl groups excluding tert-OH is 2. The van der Waals surface area contributed by atoms with E-state index < -0.39 is 5.54 Å². The molecule has 0 unspecified atom stereocenters. The summed E-state index contributed by atoms with van der Waals surface area (Å²) in [5.74, 6) is 0.767. The van der Waals surface area contributed by atoms with Crippen LogP contribution in [0.1, 0.15) is 24.0 Å². The minimum Gasteiger partial charge on any atom is -0.489 e. The molecular formula is C21H26ClNO4. The summed E-state index contributed by atoms with van der Waals surface area (Å²) in [5, 5.41) is 19.6. The summed E-state index contributed by atoms with van der Waals surface area (Å²) in [5.41, 5.74) is 7.98. The van der Waals surface area contributed by atoms with Gasteiger partial charge in [0.1, 0.15) is 17.9 Å². The zero-order valence-corrected chi connectivity index (χ0v) is 16.0. The summed E-state index contributed by atoms with van der Waals surface area (Å²) in [4.78, 5) is 0. The molecule has 27 heavy (non-hydrogen) atoms. The fraction of sp³-hybridized carbons (Fsp3) is 0.333. The molecule has 0 aliphatic carbocycles. The first-order chi connectivity index (χ1) is 12.6. The van der Waals surface area contributed by atoms with Crippen LogP contribution in [0.5, 0.6) is 5.75 Å². The molecule has 1 aromatic heterocycles. The number of rotatable bonds is 9. The second kappa shape index (κ2) is 9.76. The highest BCUT2D eigenvalue weighted by Gasteiger charge is 2.22. The Kier molecular flexibility index (Phi) is 7.68. The van der Waals surface area contributed by atoms with Crippen molar-refractivity contribution in [3.05, 3.63) is 65.9 Å². The van der Waals surface area contributed by atoms with Gasteiger partial charge in [-0.3, -0.25) is 0 Å². The fourth-order valence-electron chi connectivity index (χ4n) is 2.93. The number of aryl methyl sites for hydroxylation is 1. The predicted octanol–water partition coefficient (Wildman–Crippen LogP) is 3.44. The van der Waals surface area contributed by atoms with Crippen molar-refractivity contribution < 1.29 is 19.4 Å². The van der Waals surface area contributed by atoms with Crippen LogP contribution in [0.3, 0.4) is 0 Å². The van der Waals surface area contributed by atoms with E-state index in [2.05, 4.69) is 0 Å². The molecule has 0 saturated carbocycles. The number of benzene rings is 2. The summed E-state index contributed by atoms with van der Waals surface area (Å²) >= 11 is 0. The Morgan fingerprint density at radius 2 is 1.78 bits per heavy atom. The molecule has 0 saturated heterocycles. The van der Waals surface area contributed by atoms with E-state index in [1.807, 2.05) is 48.5 Å². The summed E-state index contributed by atoms with van der Waals surface area (Å²) in [7, 11) is 0. The van der Waals surface area contributed by atoms with Gasteiger partial charge in [-0.15, -0.1) is 12.4 Å². The largest absolute Gasteiger partial charge is 0.489 e. The van der Waals surface area contributed by atoms with Crippen LogP contribution in [0.25, 0.3) is 11.0 Å². The van der Waals surface area contributed by atoms with Gasteiger partial charge in [-0.25, -0.2) is 0 Å². The van der Waals surface area contributed by atoms with Crippen molar-refractivity contribution in [1.29, 1.82) is 0 Å². The summed E-state index contributed by atoms with van der Waals surface area (Å²) < 4.78 is 11.5. The molecule has 0 spiro atoms. The summed E-state index contributed by atoms with van der Waals surface area (Å²) in [6.07, 6.45) is 3.83. The number of hydrogen-bond donors (Lipinski definition) is 3. The SMILES string of the molecule is Cl.NC(CO)(CO)CCCc1coc2cc(OCc3ccccc3)ccc12. The number of halogens is 1. The van der Waals surface area contributed by atoms with Crippen molar-refractivity contribution in [2.75, 3.05) is 13.2 Å². The molecule has 3 rings (SSSR count). The summed E-state index contributed by atoms with van der Waals surface area (Å²) in [6, 6.07) is 15.9. The topological polar surface area (TPSA) is 88.9 Å². The molecule has 1 heterocycles. The molecule has 0 aliphatic heterocycles. The lowest BCUT2D eigenvalue weighted by molar-refractivity contribution is 0.113. The second-order valence-corrected chi connectivity index (χ2v) is 6.73. The van der Waals surface area contributed by atoms with Crippen LogP contribution in [0.4, 0.5) is 0 Å². The average molecular weight is 392 g/mol. The van der Waals surface area contributed by atoms with E-state index in [0.29, 0.717) is 13.0 Å². The summed E-state index contributed by atoms with van der Waals surface area (Å²) in [6.45, 7) is 0.0658. The molecule has 146 valence electrons. The predicted molar refractivity (Wildman–Crippen MR) is 108 cm³/mol. The van der Waals surface area contributed by atoms with E-state index in [1.165, 1.54) is 0 Å². The van der Waals surface area contributed by atoms with Crippen LogP contribution < -0.4 is 10.5 Å². The Morgan fingerprint density at radius 1 is 1.04 bits per heavy atom. The average Bonchev–Trinajstić information content (AvgIpc) is 3.09. The van der Waals surface area contributed by atoms with Gasteiger partial charge < -0.3 is 25.1 Å². The number of hydrogen-bond acceptors (Lipinski definition) is 5. The van der Waals surface area contributed by atoms with Gasteiger partial charge in [0.05, 0.1) is 25.0 Å². The van der Waals surface area contributed by atoms with E-state index in [4.69, 9.17) is 14.9 Å². The third kappa shape index (κ3) is 5.47. The Morgan fingerprint density at radius 3 is 2.48 bits per heavy atom. The number of ether oxygens (including phenoxy) is 1. The lowest BCUT2D eigenvalue weighted by Gasteiger charge is -2.24. The van der Waals surface area contributed by atoms with E-state index in [9.17, 15) is 10.2 Å². The smallest absolute Gasteiger partial charge is 0.137 e. The second-order valence-electron chi connectivity index (χ2n) is 6.73. The van der Waals surface area contributed by atoms with Crippen LogP contribution in [0, 0.1) is 0 Å². The zero-order chi connectivity index (χ0) is 18.4. The molecule has 4 N–H and O–H groups in total. The highest BCUT2D eigenvalue weighted by Crippen LogP contribution is 2.27. The third-order valence-electron chi connectivity index (χ3n) is 4.63. The van der Waals surface area contributed by atoms with E-state index in [-0.39, 0.29) is 25.6 Å². The minimum atomic E-state index is -0.919. The molecule has 0 bridgehead atoms. The number of nitrogens with two attached hydrogens (primary N) is 1. The first-order valence-electron chi connectivity index (χ1n) is 8.81.